The minimum Gasteiger partial charge on any atom is -0.495 e. The molecule has 1 saturated heterocycles. The highest BCUT2D eigenvalue weighted by Crippen LogP contribution is 2.38. The lowest BCUT2D eigenvalue weighted by Gasteiger charge is -2.28. The summed E-state index contributed by atoms with van der Waals surface area (Å²) >= 11 is 6.14. The molecule has 0 spiro atoms. The SMILES string of the molecule is CCC(=O)c1ccc(CC(=O)C(CC2COCCO2)n2cc(OC)c(-c3cc(Cl)ccc3OCC(F)(F)F)cc2=O)cn1. The van der Waals surface area contributed by atoms with E-state index in [9.17, 15) is 27.6 Å². The van der Waals surface area contributed by atoms with Gasteiger partial charge in [-0.3, -0.25) is 19.4 Å². The number of Topliss-reactive ketones (excluding diaryl/α,β-unsaturated/α-hetero) is 2. The molecule has 2 aromatic heterocycles. The zero-order chi connectivity index (χ0) is 31.1. The smallest absolute Gasteiger partial charge is 0.422 e. The van der Waals surface area contributed by atoms with Crippen molar-refractivity contribution in [1.82, 2.24) is 9.55 Å². The summed E-state index contributed by atoms with van der Waals surface area (Å²) in [5.41, 5.74) is 0.462. The molecule has 0 amide bonds. The van der Waals surface area contributed by atoms with Gasteiger partial charge in [-0.25, -0.2) is 0 Å². The van der Waals surface area contributed by atoms with Crippen molar-refractivity contribution < 1.29 is 41.7 Å². The predicted octanol–water partition coefficient (Wildman–Crippen LogP) is 5.26. The van der Waals surface area contributed by atoms with Crippen molar-refractivity contribution in [1.29, 1.82) is 0 Å². The summed E-state index contributed by atoms with van der Waals surface area (Å²) in [4.78, 5) is 43.4. The zero-order valence-electron chi connectivity index (χ0n) is 23.5. The third kappa shape index (κ3) is 8.43. The number of aromatic nitrogens is 2. The Morgan fingerprint density at radius 3 is 2.53 bits per heavy atom. The van der Waals surface area contributed by atoms with E-state index < -0.39 is 30.5 Å². The van der Waals surface area contributed by atoms with E-state index in [2.05, 4.69) is 4.98 Å². The Morgan fingerprint density at radius 2 is 1.91 bits per heavy atom. The van der Waals surface area contributed by atoms with Gasteiger partial charge in [0.15, 0.2) is 18.2 Å². The van der Waals surface area contributed by atoms with Gasteiger partial charge in [-0.1, -0.05) is 24.6 Å². The molecule has 1 aliphatic heterocycles. The fraction of sp³-hybridized carbons (Fsp3) is 0.400. The van der Waals surface area contributed by atoms with E-state index in [0.29, 0.717) is 30.9 Å². The summed E-state index contributed by atoms with van der Waals surface area (Å²) in [7, 11) is 1.33. The average Bonchev–Trinajstić information content (AvgIpc) is 2.99. The van der Waals surface area contributed by atoms with Crippen LogP contribution in [0.4, 0.5) is 13.2 Å². The highest BCUT2D eigenvalue weighted by Gasteiger charge is 2.31. The largest absolute Gasteiger partial charge is 0.495 e. The van der Waals surface area contributed by atoms with Crippen LogP contribution in [-0.2, 0) is 20.7 Å². The molecule has 2 atom stereocenters. The zero-order valence-corrected chi connectivity index (χ0v) is 24.2. The summed E-state index contributed by atoms with van der Waals surface area (Å²) < 4.78 is 61.7. The quantitative estimate of drug-likeness (QED) is 0.252. The first kappa shape index (κ1) is 32.2. The lowest BCUT2D eigenvalue weighted by atomic mass is 9.98. The Balaban J connectivity index is 1.71. The molecule has 0 aliphatic carbocycles. The second-order valence-electron chi connectivity index (χ2n) is 9.84. The molecule has 1 aliphatic rings. The third-order valence-electron chi connectivity index (χ3n) is 6.78. The lowest BCUT2D eigenvalue weighted by Crippen LogP contribution is -2.37. The molecule has 13 heteroatoms. The molecule has 9 nitrogen and oxygen atoms in total. The van der Waals surface area contributed by atoms with Gasteiger partial charge < -0.3 is 23.5 Å². The molecule has 0 bridgehead atoms. The van der Waals surface area contributed by atoms with Crippen LogP contribution in [0, 0.1) is 0 Å². The minimum atomic E-state index is -4.59. The predicted molar refractivity (Wildman–Crippen MR) is 151 cm³/mol. The van der Waals surface area contributed by atoms with Crippen LogP contribution in [0.15, 0.2) is 53.6 Å². The molecule has 0 saturated carbocycles. The second kappa shape index (κ2) is 14.2. The van der Waals surface area contributed by atoms with Gasteiger partial charge in [0.25, 0.3) is 5.56 Å². The van der Waals surface area contributed by atoms with Crippen LogP contribution >= 0.6 is 11.6 Å². The van der Waals surface area contributed by atoms with Crippen LogP contribution in [0.3, 0.4) is 0 Å². The summed E-state index contributed by atoms with van der Waals surface area (Å²) in [6, 6.07) is 7.34. The molecule has 2 unspecified atom stereocenters. The van der Waals surface area contributed by atoms with Crippen molar-refractivity contribution >= 4 is 23.2 Å². The summed E-state index contributed by atoms with van der Waals surface area (Å²) in [6.45, 7) is 1.14. The standard InChI is InChI=1S/C30H30ClF3N2O7/c1-3-25(37)23-6-4-18(14-35-23)10-26(38)24(12-20-16-41-8-9-42-20)36-15-28(40-2)22(13-29(36)39)21-11-19(31)5-7-27(21)43-17-30(32,33)34/h4-7,11,13-15,20,24H,3,8-10,12,16-17H2,1-2H3. The van der Waals surface area contributed by atoms with Crippen molar-refractivity contribution in [2.24, 2.45) is 0 Å². The minimum absolute atomic E-state index is 0.0912. The van der Waals surface area contributed by atoms with E-state index in [4.69, 9.17) is 30.5 Å². The van der Waals surface area contributed by atoms with Gasteiger partial charge in [0, 0.05) is 47.7 Å². The van der Waals surface area contributed by atoms with Crippen molar-refractivity contribution in [3.63, 3.8) is 0 Å². The first-order valence-electron chi connectivity index (χ1n) is 13.5. The summed E-state index contributed by atoms with van der Waals surface area (Å²) in [6.07, 6.45) is -1.97. The topological polar surface area (TPSA) is 106 Å². The van der Waals surface area contributed by atoms with Gasteiger partial charge in [-0.05, 0) is 29.8 Å². The van der Waals surface area contributed by atoms with Crippen LogP contribution in [0.2, 0.25) is 5.02 Å². The molecule has 230 valence electrons. The molecule has 43 heavy (non-hydrogen) atoms. The first-order valence-corrected chi connectivity index (χ1v) is 13.9. The Hall–Kier alpha value is -3.74. The summed E-state index contributed by atoms with van der Waals surface area (Å²) in [5.74, 6) is -0.522. The van der Waals surface area contributed by atoms with E-state index in [0.717, 1.165) is 6.07 Å². The van der Waals surface area contributed by atoms with Crippen LogP contribution in [0.1, 0.15) is 41.9 Å². The van der Waals surface area contributed by atoms with Crippen molar-refractivity contribution in [3.8, 4) is 22.6 Å². The molecule has 4 rings (SSSR count). The van der Waals surface area contributed by atoms with Gasteiger partial charge in [0.05, 0.1) is 45.3 Å². The van der Waals surface area contributed by atoms with Crippen LogP contribution in [-0.4, -0.2) is 66.9 Å². The molecule has 1 aromatic carbocycles. The molecule has 3 heterocycles. The van der Waals surface area contributed by atoms with Crippen molar-refractivity contribution in [2.45, 2.75) is 44.5 Å². The number of hydrogen-bond donors (Lipinski definition) is 0. The number of hydrogen-bond acceptors (Lipinski definition) is 8. The fourth-order valence-electron chi connectivity index (χ4n) is 4.66. The van der Waals surface area contributed by atoms with Gasteiger partial charge in [-0.2, -0.15) is 13.2 Å². The number of carbonyl (C=O) groups excluding carboxylic acids is 2. The van der Waals surface area contributed by atoms with Crippen LogP contribution in [0.5, 0.6) is 11.5 Å². The van der Waals surface area contributed by atoms with Gasteiger partial charge in [0.2, 0.25) is 0 Å². The van der Waals surface area contributed by atoms with E-state index in [-0.39, 0.29) is 58.7 Å². The monoisotopic (exact) mass is 622 g/mol. The molecule has 1 fully saturated rings. The van der Waals surface area contributed by atoms with Crippen LogP contribution in [0.25, 0.3) is 11.1 Å². The second-order valence-corrected chi connectivity index (χ2v) is 10.3. The number of alkyl halides is 3. The average molecular weight is 623 g/mol. The maximum atomic E-state index is 13.7. The Morgan fingerprint density at radius 1 is 1.14 bits per heavy atom. The maximum Gasteiger partial charge on any atom is 0.422 e. The number of rotatable bonds is 12. The number of pyridine rings is 2. The number of nitrogens with zero attached hydrogens (tertiary/aromatic N) is 2. The van der Waals surface area contributed by atoms with E-state index >= 15 is 0 Å². The number of halogens is 4. The number of methoxy groups -OCH3 is 1. The van der Waals surface area contributed by atoms with Crippen molar-refractivity contribution in [3.05, 3.63) is 75.4 Å². The summed E-state index contributed by atoms with van der Waals surface area (Å²) in [5, 5.41) is 0.198. The molecule has 0 N–H and O–H groups in total. The fourth-order valence-corrected chi connectivity index (χ4v) is 4.83. The lowest BCUT2D eigenvalue weighted by molar-refractivity contribution is -0.153. The Kier molecular flexibility index (Phi) is 10.6. The van der Waals surface area contributed by atoms with E-state index in [1.165, 1.54) is 42.3 Å². The number of carbonyl (C=O) groups is 2. The van der Waals surface area contributed by atoms with E-state index in [1.807, 2.05) is 0 Å². The Labute approximate surface area is 250 Å². The number of ether oxygens (including phenoxy) is 4. The van der Waals surface area contributed by atoms with Gasteiger partial charge in [-0.15, -0.1) is 0 Å². The highest BCUT2D eigenvalue weighted by atomic mass is 35.5. The molecular formula is C30H30ClF3N2O7. The number of benzene rings is 1. The van der Waals surface area contributed by atoms with Crippen LogP contribution < -0.4 is 15.0 Å². The normalized spacial score (nSPS) is 16.0. The molecular weight excluding hydrogens is 593 g/mol. The Bertz CT molecular complexity index is 1500. The first-order chi connectivity index (χ1) is 20.5. The molecule has 3 aromatic rings. The van der Waals surface area contributed by atoms with Gasteiger partial charge >= 0.3 is 6.18 Å². The maximum absolute atomic E-state index is 13.7. The molecule has 0 radical (unpaired) electrons. The third-order valence-corrected chi connectivity index (χ3v) is 7.01. The van der Waals surface area contributed by atoms with Crippen molar-refractivity contribution in [2.75, 3.05) is 33.5 Å². The number of ketones is 2. The van der Waals surface area contributed by atoms with Gasteiger partial charge in [0.1, 0.15) is 17.2 Å². The highest BCUT2D eigenvalue weighted by molar-refractivity contribution is 6.31. The van der Waals surface area contributed by atoms with E-state index in [1.54, 1.807) is 19.1 Å².